The monoisotopic (exact) mass is 230 g/mol. The predicted octanol–water partition coefficient (Wildman–Crippen LogP) is 3.13. The first-order valence-electron chi connectivity index (χ1n) is 6.17. The van der Waals surface area contributed by atoms with Gasteiger partial charge in [-0.25, -0.2) is 0 Å². The molecular formula is C14H18N2O. The van der Waals surface area contributed by atoms with Crippen molar-refractivity contribution >= 4 is 16.6 Å². The number of rotatable bonds is 5. The number of fused-ring (bicyclic) bond motifs is 1. The van der Waals surface area contributed by atoms with E-state index in [1.165, 1.54) is 12.8 Å². The molecule has 2 N–H and O–H groups in total. The van der Waals surface area contributed by atoms with Crippen LogP contribution in [0, 0.1) is 0 Å². The van der Waals surface area contributed by atoms with E-state index in [0.29, 0.717) is 0 Å². The summed E-state index contributed by atoms with van der Waals surface area (Å²) in [5, 5.41) is 4.98. The highest BCUT2D eigenvalue weighted by Crippen LogP contribution is 2.12. The summed E-state index contributed by atoms with van der Waals surface area (Å²) in [6, 6.07) is 9.62. The zero-order valence-electron chi connectivity index (χ0n) is 10.1. The lowest BCUT2D eigenvalue weighted by atomic mass is 10.2. The van der Waals surface area contributed by atoms with Gasteiger partial charge >= 0.3 is 0 Å². The smallest absolute Gasteiger partial charge is 0.257 e. The van der Waals surface area contributed by atoms with Gasteiger partial charge in [-0.15, -0.1) is 0 Å². The summed E-state index contributed by atoms with van der Waals surface area (Å²) in [4.78, 5) is 14.7. The van der Waals surface area contributed by atoms with Gasteiger partial charge in [0.25, 0.3) is 5.56 Å². The van der Waals surface area contributed by atoms with Crippen LogP contribution in [-0.4, -0.2) is 11.5 Å². The number of hydrogen-bond acceptors (Lipinski definition) is 2. The summed E-state index contributed by atoms with van der Waals surface area (Å²) in [5.74, 6) is 0.810. The summed E-state index contributed by atoms with van der Waals surface area (Å²) in [5.41, 5.74) is -0.0268. The average molecular weight is 230 g/mol. The quantitative estimate of drug-likeness (QED) is 0.775. The van der Waals surface area contributed by atoms with Gasteiger partial charge < -0.3 is 10.3 Å². The molecule has 0 saturated carbocycles. The van der Waals surface area contributed by atoms with Crippen LogP contribution in [0.15, 0.2) is 35.1 Å². The fourth-order valence-electron chi connectivity index (χ4n) is 1.90. The number of aromatic nitrogens is 1. The van der Waals surface area contributed by atoms with E-state index in [9.17, 15) is 4.79 Å². The molecule has 3 heteroatoms. The van der Waals surface area contributed by atoms with Gasteiger partial charge in [0.15, 0.2) is 0 Å². The molecule has 0 aliphatic carbocycles. The van der Waals surface area contributed by atoms with E-state index >= 15 is 0 Å². The first-order chi connectivity index (χ1) is 8.31. The highest BCUT2D eigenvalue weighted by atomic mass is 16.1. The summed E-state index contributed by atoms with van der Waals surface area (Å²) in [7, 11) is 0. The van der Waals surface area contributed by atoms with Crippen LogP contribution in [0.25, 0.3) is 10.8 Å². The van der Waals surface area contributed by atoms with E-state index in [4.69, 9.17) is 0 Å². The Morgan fingerprint density at radius 1 is 1.24 bits per heavy atom. The minimum Gasteiger partial charge on any atom is -0.372 e. The molecule has 90 valence electrons. The van der Waals surface area contributed by atoms with Crippen molar-refractivity contribution in [1.29, 1.82) is 0 Å². The maximum atomic E-state index is 11.8. The van der Waals surface area contributed by atoms with Gasteiger partial charge in [-0.1, -0.05) is 38.0 Å². The van der Waals surface area contributed by atoms with Gasteiger partial charge in [0.05, 0.1) is 0 Å². The van der Waals surface area contributed by atoms with Crippen LogP contribution in [0.2, 0.25) is 0 Å². The van der Waals surface area contributed by atoms with Crippen LogP contribution in [-0.2, 0) is 0 Å². The molecule has 3 nitrogen and oxygen atoms in total. The van der Waals surface area contributed by atoms with Gasteiger partial charge in [0, 0.05) is 11.9 Å². The zero-order valence-corrected chi connectivity index (χ0v) is 10.1. The Morgan fingerprint density at radius 2 is 2.06 bits per heavy atom. The molecule has 17 heavy (non-hydrogen) atoms. The Kier molecular flexibility index (Phi) is 3.81. The maximum Gasteiger partial charge on any atom is 0.257 e. The van der Waals surface area contributed by atoms with Crippen molar-refractivity contribution in [2.75, 3.05) is 11.9 Å². The second kappa shape index (κ2) is 5.53. The topological polar surface area (TPSA) is 44.9 Å². The minimum absolute atomic E-state index is 0.0268. The van der Waals surface area contributed by atoms with E-state index in [-0.39, 0.29) is 5.56 Å². The van der Waals surface area contributed by atoms with Crippen LogP contribution >= 0.6 is 0 Å². The van der Waals surface area contributed by atoms with E-state index in [0.717, 1.165) is 29.6 Å². The maximum absolute atomic E-state index is 11.8. The molecule has 0 amide bonds. The third-order valence-corrected chi connectivity index (χ3v) is 2.85. The van der Waals surface area contributed by atoms with Crippen LogP contribution in [0.4, 0.5) is 5.82 Å². The molecule has 1 aromatic carbocycles. The molecule has 2 aromatic rings. The van der Waals surface area contributed by atoms with Crippen molar-refractivity contribution in [2.24, 2.45) is 0 Å². The van der Waals surface area contributed by atoms with E-state index in [1.54, 1.807) is 0 Å². The second-order valence-electron chi connectivity index (χ2n) is 4.23. The average Bonchev–Trinajstić information content (AvgIpc) is 2.35. The Hall–Kier alpha value is -1.77. The third kappa shape index (κ3) is 2.87. The van der Waals surface area contributed by atoms with Gasteiger partial charge in [-0.2, -0.15) is 0 Å². The van der Waals surface area contributed by atoms with Crippen molar-refractivity contribution in [3.63, 3.8) is 0 Å². The molecule has 0 unspecified atom stereocenters. The molecule has 0 saturated heterocycles. The van der Waals surface area contributed by atoms with Crippen LogP contribution in [0.1, 0.15) is 26.2 Å². The fraction of sp³-hybridized carbons (Fsp3) is 0.357. The number of pyridine rings is 1. The largest absolute Gasteiger partial charge is 0.372 e. The second-order valence-corrected chi connectivity index (χ2v) is 4.23. The highest BCUT2D eigenvalue weighted by Gasteiger charge is 2.00. The first-order valence-corrected chi connectivity index (χ1v) is 6.17. The van der Waals surface area contributed by atoms with Crippen molar-refractivity contribution in [3.05, 3.63) is 40.7 Å². The Balaban J connectivity index is 2.16. The molecule has 0 aliphatic heterocycles. The Labute approximate surface area is 101 Å². The minimum atomic E-state index is -0.0268. The van der Waals surface area contributed by atoms with Crippen LogP contribution < -0.4 is 10.9 Å². The Bertz CT molecular complexity index is 545. The zero-order chi connectivity index (χ0) is 12.1. The third-order valence-electron chi connectivity index (χ3n) is 2.85. The number of H-pyrrole nitrogens is 1. The molecular weight excluding hydrogens is 212 g/mol. The molecule has 1 aromatic heterocycles. The fourth-order valence-corrected chi connectivity index (χ4v) is 1.90. The lowest BCUT2D eigenvalue weighted by Gasteiger charge is -2.06. The highest BCUT2D eigenvalue weighted by molar-refractivity contribution is 5.83. The van der Waals surface area contributed by atoms with E-state index in [1.807, 2.05) is 30.3 Å². The Morgan fingerprint density at radius 3 is 2.88 bits per heavy atom. The van der Waals surface area contributed by atoms with Gasteiger partial charge in [-0.05, 0) is 23.9 Å². The van der Waals surface area contributed by atoms with Crippen LogP contribution in [0.3, 0.4) is 0 Å². The van der Waals surface area contributed by atoms with Crippen molar-refractivity contribution < 1.29 is 0 Å². The summed E-state index contributed by atoms with van der Waals surface area (Å²) < 4.78 is 0. The lowest BCUT2D eigenvalue weighted by molar-refractivity contribution is 0.742. The first kappa shape index (κ1) is 11.7. The number of unbranched alkanes of at least 4 members (excludes halogenated alkanes) is 2. The molecule has 0 fully saturated rings. The molecule has 0 radical (unpaired) electrons. The van der Waals surface area contributed by atoms with Gasteiger partial charge in [0.1, 0.15) is 5.82 Å². The molecule has 0 aliphatic rings. The van der Waals surface area contributed by atoms with E-state index in [2.05, 4.69) is 17.2 Å². The predicted molar refractivity (Wildman–Crippen MR) is 72.6 cm³/mol. The van der Waals surface area contributed by atoms with Crippen LogP contribution in [0.5, 0.6) is 0 Å². The lowest BCUT2D eigenvalue weighted by Crippen LogP contribution is -2.11. The molecule has 0 spiro atoms. The number of aromatic amines is 1. The van der Waals surface area contributed by atoms with E-state index < -0.39 is 0 Å². The SMILES string of the molecule is CCCCCNc1cc2ccccc2c(=O)[nH]1. The summed E-state index contributed by atoms with van der Waals surface area (Å²) in [6.45, 7) is 3.08. The summed E-state index contributed by atoms with van der Waals surface area (Å²) in [6.07, 6.45) is 3.55. The van der Waals surface area contributed by atoms with Crippen molar-refractivity contribution in [1.82, 2.24) is 4.98 Å². The standard InChI is InChI=1S/C14H18N2O/c1-2-3-6-9-15-13-10-11-7-4-5-8-12(11)14(17)16-13/h4-5,7-8,10H,2-3,6,9H2,1H3,(H2,15,16,17). The molecule has 0 atom stereocenters. The number of benzene rings is 1. The number of anilines is 1. The molecule has 2 rings (SSSR count). The summed E-state index contributed by atoms with van der Waals surface area (Å²) >= 11 is 0. The molecule has 0 bridgehead atoms. The molecule has 1 heterocycles. The van der Waals surface area contributed by atoms with Gasteiger partial charge in [0.2, 0.25) is 0 Å². The van der Waals surface area contributed by atoms with Crippen molar-refractivity contribution in [2.45, 2.75) is 26.2 Å². The van der Waals surface area contributed by atoms with Crippen molar-refractivity contribution in [3.8, 4) is 0 Å². The normalized spacial score (nSPS) is 10.6. The number of hydrogen-bond donors (Lipinski definition) is 2. The van der Waals surface area contributed by atoms with Gasteiger partial charge in [-0.3, -0.25) is 4.79 Å². The number of nitrogens with one attached hydrogen (secondary N) is 2.